The summed E-state index contributed by atoms with van der Waals surface area (Å²) < 4.78 is 10.6. The maximum atomic E-state index is 12.6. The average Bonchev–Trinajstić information content (AvgIpc) is 3.10. The molecule has 2 heterocycles. The van der Waals surface area contributed by atoms with Crippen LogP contribution in [0.15, 0.2) is 54.6 Å². The van der Waals surface area contributed by atoms with Gasteiger partial charge in [-0.2, -0.15) is 0 Å². The number of carbonyl (C=O) groups excluding carboxylic acids is 1. The van der Waals surface area contributed by atoms with Crippen LogP contribution in [0.1, 0.15) is 16.3 Å². The van der Waals surface area contributed by atoms with E-state index < -0.39 is 0 Å². The molecule has 7 nitrogen and oxygen atoms in total. The Balaban J connectivity index is 1.54. The average molecular weight is 348 g/mol. The molecule has 4 rings (SSSR count). The van der Waals surface area contributed by atoms with Crippen LogP contribution in [-0.4, -0.2) is 22.7 Å². The van der Waals surface area contributed by atoms with E-state index in [-0.39, 0.29) is 18.4 Å². The lowest BCUT2D eigenvalue weighted by atomic mass is 10.2. The van der Waals surface area contributed by atoms with E-state index in [1.165, 1.54) is 0 Å². The van der Waals surface area contributed by atoms with Crippen molar-refractivity contribution in [3.8, 4) is 11.5 Å². The minimum absolute atomic E-state index is 0.187. The van der Waals surface area contributed by atoms with E-state index in [0.717, 1.165) is 5.69 Å². The first kappa shape index (κ1) is 15.9. The van der Waals surface area contributed by atoms with Crippen molar-refractivity contribution in [2.24, 2.45) is 0 Å². The quantitative estimate of drug-likeness (QED) is 0.750. The van der Waals surface area contributed by atoms with Gasteiger partial charge in [-0.25, -0.2) is 9.97 Å². The van der Waals surface area contributed by atoms with Gasteiger partial charge < -0.3 is 20.1 Å². The van der Waals surface area contributed by atoms with Crippen LogP contribution in [0.2, 0.25) is 0 Å². The lowest BCUT2D eigenvalue weighted by molar-refractivity contribution is 0.102. The van der Waals surface area contributed by atoms with Crippen molar-refractivity contribution in [2.75, 3.05) is 17.4 Å². The Hall–Kier alpha value is -3.61. The van der Waals surface area contributed by atoms with Crippen molar-refractivity contribution in [1.29, 1.82) is 0 Å². The van der Waals surface area contributed by atoms with Crippen molar-refractivity contribution >= 4 is 23.1 Å². The summed E-state index contributed by atoms with van der Waals surface area (Å²) >= 11 is 0. The molecule has 1 amide bonds. The number of hydrogen-bond donors (Lipinski definition) is 2. The second-order valence-corrected chi connectivity index (χ2v) is 5.70. The molecule has 2 N–H and O–H groups in total. The topological polar surface area (TPSA) is 85.4 Å². The molecule has 0 saturated heterocycles. The van der Waals surface area contributed by atoms with Crippen LogP contribution >= 0.6 is 0 Å². The molecule has 1 aliphatic heterocycles. The number of nitrogens with zero attached hydrogens (tertiary/aromatic N) is 2. The number of ether oxygens (including phenoxy) is 2. The Morgan fingerprint density at radius 3 is 2.62 bits per heavy atom. The van der Waals surface area contributed by atoms with E-state index in [1.807, 2.05) is 30.3 Å². The number of fused-ring (bicyclic) bond motifs is 1. The van der Waals surface area contributed by atoms with Crippen LogP contribution in [0.5, 0.6) is 11.5 Å². The molecule has 0 radical (unpaired) electrons. The molecule has 0 aliphatic carbocycles. The zero-order chi connectivity index (χ0) is 17.9. The van der Waals surface area contributed by atoms with Crippen molar-refractivity contribution in [1.82, 2.24) is 9.97 Å². The van der Waals surface area contributed by atoms with Gasteiger partial charge in [0.15, 0.2) is 11.5 Å². The number of para-hydroxylation sites is 1. The van der Waals surface area contributed by atoms with E-state index in [4.69, 9.17) is 9.47 Å². The van der Waals surface area contributed by atoms with Gasteiger partial charge in [-0.3, -0.25) is 4.79 Å². The first-order valence-electron chi connectivity index (χ1n) is 8.06. The van der Waals surface area contributed by atoms with Gasteiger partial charge >= 0.3 is 0 Å². The van der Waals surface area contributed by atoms with E-state index in [2.05, 4.69) is 20.6 Å². The first-order valence-corrected chi connectivity index (χ1v) is 8.06. The summed E-state index contributed by atoms with van der Waals surface area (Å²) in [6, 6.07) is 16.5. The van der Waals surface area contributed by atoms with Crippen molar-refractivity contribution < 1.29 is 14.3 Å². The zero-order valence-electron chi connectivity index (χ0n) is 14.0. The Kier molecular flexibility index (Phi) is 4.10. The second kappa shape index (κ2) is 6.72. The monoisotopic (exact) mass is 348 g/mol. The third kappa shape index (κ3) is 3.41. The number of anilines is 3. The van der Waals surface area contributed by atoms with E-state index in [0.29, 0.717) is 28.8 Å². The van der Waals surface area contributed by atoms with Crippen LogP contribution in [-0.2, 0) is 0 Å². The van der Waals surface area contributed by atoms with E-state index >= 15 is 0 Å². The Morgan fingerprint density at radius 1 is 0.962 bits per heavy atom. The largest absolute Gasteiger partial charge is 0.454 e. The molecule has 3 aromatic rings. The lowest BCUT2D eigenvalue weighted by Gasteiger charge is -2.09. The summed E-state index contributed by atoms with van der Waals surface area (Å²) in [7, 11) is 0. The smallest absolute Gasteiger partial charge is 0.274 e. The lowest BCUT2D eigenvalue weighted by Crippen LogP contribution is -2.15. The number of aromatic nitrogens is 2. The molecule has 1 aromatic heterocycles. The fourth-order valence-electron chi connectivity index (χ4n) is 2.59. The molecule has 0 spiro atoms. The van der Waals surface area contributed by atoms with Crippen molar-refractivity contribution in [3.63, 3.8) is 0 Å². The molecule has 0 saturated carbocycles. The predicted octanol–water partition coefficient (Wildman–Crippen LogP) is 3.51. The molecule has 26 heavy (non-hydrogen) atoms. The summed E-state index contributed by atoms with van der Waals surface area (Å²) in [4.78, 5) is 21.1. The molecule has 0 atom stereocenters. The minimum Gasteiger partial charge on any atom is -0.454 e. The molecule has 130 valence electrons. The third-order valence-electron chi connectivity index (χ3n) is 3.75. The number of rotatable bonds is 4. The molecular formula is C19H16N4O3. The van der Waals surface area contributed by atoms with Gasteiger partial charge in [0.25, 0.3) is 5.91 Å². The highest BCUT2D eigenvalue weighted by atomic mass is 16.7. The number of nitrogens with one attached hydrogen (secondary N) is 2. The van der Waals surface area contributed by atoms with Gasteiger partial charge in [-0.05, 0) is 31.2 Å². The van der Waals surface area contributed by atoms with Crippen LogP contribution in [0, 0.1) is 6.92 Å². The molecule has 0 unspecified atom stereocenters. The molecule has 2 aromatic carbocycles. The molecule has 0 fully saturated rings. The van der Waals surface area contributed by atoms with E-state index in [9.17, 15) is 4.79 Å². The van der Waals surface area contributed by atoms with Gasteiger partial charge in [0, 0.05) is 23.5 Å². The Bertz CT molecular complexity index is 960. The van der Waals surface area contributed by atoms with E-state index in [1.54, 1.807) is 31.2 Å². The number of hydrogen-bond acceptors (Lipinski definition) is 6. The fraction of sp³-hybridized carbons (Fsp3) is 0.105. The van der Waals surface area contributed by atoms with Crippen LogP contribution in [0.25, 0.3) is 0 Å². The van der Waals surface area contributed by atoms with Crippen molar-refractivity contribution in [2.45, 2.75) is 6.92 Å². The SMILES string of the molecule is Cc1nc(Nc2ccccc2)cc(C(=O)Nc2ccc3c(c2)OCO3)n1. The van der Waals surface area contributed by atoms with Crippen molar-refractivity contribution in [3.05, 3.63) is 66.1 Å². The van der Waals surface area contributed by atoms with Gasteiger partial charge in [0.1, 0.15) is 17.3 Å². The second-order valence-electron chi connectivity index (χ2n) is 5.70. The Labute approximate surface area is 150 Å². The molecule has 0 bridgehead atoms. The summed E-state index contributed by atoms with van der Waals surface area (Å²) in [5.74, 6) is 2.00. The molecule has 7 heteroatoms. The number of carbonyl (C=O) groups is 1. The van der Waals surface area contributed by atoms with Gasteiger partial charge in [0.05, 0.1) is 0 Å². The van der Waals surface area contributed by atoms with Gasteiger partial charge in [-0.1, -0.05) is 18.2 Å². The highest BCUT2D eigenvalue weighted by Crippen LogP contribution is 2.34. The number of amides is 1. The summed E-state index contributed by atoms with van der Waals surface area (Å²) in [5.41, 5.74) is 1.76. The Morgan fingerprint density at radius 2 is 1.77 bits per heavy atom. The highest BCUT2D eigenvalue weighted by Gasteiger charge is 2.16. The number of aryl methyl sites for hydroxylation is 1. The van der Waals surface area contributed by atoms with Crippen LogP contribution < -0.4 is 20.1 Å². The standard InChI is InChI=1S/C19H16N4O3/c1-12-20-15(10-18(21-12)22-13-5-3-2-4-6-13)19(24)23-14-7-8-16-17(9-14)26-11-25-16/h2-10H,11H2,1H3,(H,23,24)(H,20,21,22). The summed E-state index contributed by atoms with van der Waals surface area (Å²) in [5, 5.41) is 5.98. The maximum Gasteiger partial charge on any atom is 0.274 e. The number of benzene rings is 2. The predicted molar refractivity (Wildman–Crippen MR) is 97.0 cm³/mol. The summed E-state index contributed by atoms with van der Waals surface area (Å²) in [6.07, 6.45) is 0. The normalized spacial score (nSPS) is 11.9. The minimum atomic E-state index is -0.328. The zero-order valence-corrected chi connectivity index (χ0v) is 14.0. The van der Waals surface area contributed by atoms with Gasteiger partial charge in [0.2, 0.25) is 6.79 Å². The maximum absolute atomic E-state index is 12.6. The fourth-order valence-corrected chi connectivity index (χ4v) is 2.59. The first-order chi connectivity index (χ1) is 12.7. The van der Waals surface area contributed by atoms with Crippen LogP contribution in [0.3, 0.4) is 0 Å². The molecule has 1 aliphatic rings. The highest BCUT2D eigenvalue weighted by molar-refractivity contribution is 6.03. The summed E-state index contributed by atoms with van der Waals surface area (Å²) in [6.45, 7) is 1.93. The third-order valence-corrected chi connectivity index (χ3v) is 3.75. The van der Waals surface area contributed by atoms with Crippen LogP contribution in [0.4, 0.5) is 17.2 Å². The molecular weight excluding hydrogens is 332 g/mol. The van der Waals surface area contributed by atoms with Gasteiger partial charge in [-0.15, -0.1) is 0 Å².